The molecule has 20 heavy (non-hydrogen) atoms. The van der Waals surface area contributed by atoms with E-state index in [0.29, 0.717) is 25.2 Å². The molecule has 0 aromatic carbocycles. The van der Waals surface area contributed by atoms with Crippen molar-refractivity contribution in [1.29, 1.82) is 0 Å². The van der Waals surface area contributed by atoms with Gasteiger partial charge in [-0.05, 0) is 26.8 Å². The highest BCUT2D eigenvalue weighted by Gasteiger charge is 2.26. The molecule has 1 aliphatic heterocycles. The van der Waals surface area contributed by atoms with Crippen LogP contribution in [0.15, 0.2) is 12.3 Å². The molecule has 1 aliphatic rings. The monoisotopic (exact) mass is 280 g/mol. The molecule has 1 aromatic heterocycles. The normalized spacial score (nSPS) is 14.7. The molecular formula is C14H20N2O4. The number of rotatable bonds is 1. The van der Waals surface area contributed by atoms with Crippen LogP contribution < -0.4 is 0 Å². The minimum Gasteiger partial charge on any atom is -0.465 e. The number of nitrogens with zero attached hydrogens (tertiary/aromatic N) is 2. The lowest BCUT2D eigenvalue weighted by molar-refractivity contribution is 0.0199. The molecule has 2 heterocycles. The number of aromatic nitrogens is 1. The number of carbonyl (C=O) groups is 2. The lowest BCUT2D eigenvalue weighted by Gasteiger charge is -2.30. The molecule has 1 amide bonds. The van der Waals surface area contributed by atoms with Crippen LogP contribution in [-0.2, 0) is 22.6 Å². The van der Waals surface area contributed by atoms with Crippen LogP contribution in [0.4, 0.5) is 4.79 Å². The van der Waals surface area contributed by atoms with E-state index in [1.165, 1.54) is 7.11 Å². The minimum atomic E-state index is -0.506. The fourth-order valence-corrected chi connectivity index (χ4v) is 2.11. The summed E-state index contributed by atoms with van der Waals surface area (Å²) in [6.07, 6.45) is 1.43. The first-order valence-electron chi connectivity index (χ1n) is 6.55. The number of esters is 1. The summed E-state index contributed by atoms with van der Waals surface area (Å²) in [5.74, 6) is -0.365. The molecule has 0 atom stereocenters. The number of fused-ring (bicyclic) bond motifs is 1. The van der Waals surface area contributed by atoms with Crippen molar-refractivity contribution in [3.63, 3.8) is 0 Å². The summed E-state index contributed by atoms with van der Waals surface area (Å²) >= 11 is 0. The molecule has 110 valence electrons. The first-order chi connectivity index (χ1) is 9.30. The Labute approximate surface area is 118 Å². The number of methoxy groups -OCH3 is 1. The van der Waals surface area contributed by atoms with Crippen molar-refractivity contribution in [1.82, 2.24) is 9.47 Å². The summed E-state index contributed by atoms with van der Waals surface area (Å²) < 4.78 is 12.0. The number of carbonyl (C=O) groups excluding carboxylic acids is 2. The number of ether oxygens (including phenoxy) is 2. The number of hydrogen-bond acceptors (Lipinski definition) is 4. The van der Waals surface area contributed by atoms with Gasteiger partial charge in [0.1, 0.15) is 5.60 Å². The zero-order valence-electron chi connectivity index (χ0n) is 12.3. The van der Waals surface area contributed by atoms with Gasteiger partial charge < -0.3 is 18.9 Å². The van der Waals surface area contributed by atoms with E-state index in [9.17, 15) is 9.59 Å². The van der Waals surface area contributed by atoms with Gasteiger partial charge in [0.2, 0.25) is 0 Å². The Kier molecular flexibility index (Phi) is 3.74. The van der Waals surface area contributed by atoms with Gasteiger partial charge in [-0.15, -0.1) is 0 Å². The Bertz CT molecular complexity index is 528. The van der Waals surface area contributed by atoms with Crippen molar-refractivity contribution >= 4 is 12.1 Å². The van der Waals surface area contributed by atoms with E-state index in [0.717, 1.165) is 5.69 Å². The van der Waals surface area contributed by atoms with Gasteiger partial charge in [-0.25, -0.2) is 9.59 Å². The number of hydrogen-bond donors (Lipinski definition) is 0. The van der Waals surface area contributed by atoms with Crippen LogP contribution in [0.3, 0.4) is 0 Å². The summed E-state index contributed by atoms with van der Waals surface area (Å²) in [7, 11) is 1.35. The molecule has 0 spiro atoms. The Morgan fingerprint density at radius 1 is 1.25 bits per heavy atom. The van der Waals surface area contributed by atoms with Crippen LogP contribution in [0.5, 0.6) is 0 Å². The number of amides is 1. The second-order valence-electron chi connectivity index (χ2n) is 5.81. The Morgan fingerprint density at radius 3 is 2.55 bits per heavy atom. The second kappa shape index (κ2) is 5.19. The van der Waals surface area contributed by atoms with Gasteiger partial charge in [0.25, 0.3) is 0 Å². The average Bonchev–Trinajstić information content (AvgIpc) is 2.78. The van der Waals surface area contributed by atoms with E-state index in [1.54, 1.807) is 17.2 Å². The SMILES string of the molecule is COC(=O)c1cc2n(c1)CCN(C(=O)OC(C)(C)C)C2. The van der Waals surface area contributed by atoms with E-state index in [1.807, 2.05) is 25.3 Å². The topological polar surface area (TPSA) is 60.8 Å². The van der Waals surface area contributed by atoms with E-state index in [2.05, 4.69) is 0 Å². The molecule has 6 nitrogen and oxygen atoms in total. The molecule has 0 saturated heterocycles. The third-order valence-corrected chi connectivity index (χ3v) is 3.02. The molecule has 1 aromatic rings. The van der Waals surface area contributed by atoms with Crippen LogP contribution in [0, 0.1) is 0 Å². The van der Waals surface area contributed by atoms with Gasteiger partial charge in [-0.3, -0.25) is 0 Å². The van der Waals surface area contributed by atoms with Gasteiger partial charge in [-0.1, -0.05) is 0 Å². The smallest absolute Gasteiger partial charge is 0.410 e. The fraction of sp³-hybridized carbons (Fsp3) is 0.571. The van der Waals surface area contributed by atoms with Gasteiger partial charge >= 0.3 is 12.1 Å². The highest BCUT2D eigenvalue weighted by Crippen LogP contribution is 2.19. The molecule has 0 unspecified atom stereocenters. The van der Waals surface area contributed by atoms with Crippen LogP contribution in [-0.4, -0.2) is 40.8 Å². The first kappa shape index (κ1) is 14.4. The zero-order chi connectivity index (χ0) is 14.9. The molecule has 6 heteroatoms. The highest BCUT2D eigenvalue weighted by atomic mass is 16.6. The van der Waals surface area contributed by atoms with Gasteiger partial charge in [-0.2, -0.15) is 0 Å². The van der Waals surface area contributed by atoms with E-state index >= 15 is 0 Å². The third kappa shape index (κ3) is 3.12. The van der Waals surface area contributed by atoms with Crippen molar-refractivity contribution in [3.05, 3.63) is 23.5 Å². The van der Waals surface area contributed by atoms with Crippen molar-refractivity contribution in [2.24, 2.45) is 0 Å². The predicted molar refractivity (Wildman–Crippen MR) is 72.4 cm³/mol. The maximum Gasteiger partial charge on any atom is 0.410 e. The molecule has 0 aliphatic carbocycles. The Hall–Kier alpha value is -1.98. The molecule has 0 fully saturated rings. The van der Waals surface area contributed by atoms with Crippen LogP contribution >= 0.6 is 0 Å². The summed E-state index contributed by atoms with van der Waals surface area (Å²) in [5.41, 5.74) is 0.907. The molecular weight excluding hydrogens is 260 g/mol. The van der Waals surface area contributed by atoms with Crippen LogP contribution in [0.25, 0.3) is 0 Å². The van der Waals surface area contributed by atoms with Gasteiger partial charge in [0.15, 0.2) is 0 Å². The first-order valence-corrected chi connectivity index (χ1v) is 6.55. The summed E-state index contributed by atoms with van der Waals surface area (Å²) in [4.78, 5) is 25.2. The molecule has 0 radical (unpaired) electrons. The molecule has 0 saturated carbocycles. The standard InChI is InChI=1S/C14H20N2O4/c1-14(2,3)20-13(18)16-6-5-15-8-10(12(17)19-4)7-11(15)9-16/h7-8H,5-6,9H2,1-4H3. The maximum atomic E-state index is 12.0. The predicted octanol–water partition coefficient (Wildman–Crippen LogP) is 2.03. The van der Waals surface area contributed by atoms with E-state index in [4.69, 9.17) is 9.47 Å². The lowest BCUT2D eigenvalue weighted by atomic mass is 10.2. The minimum absolute atomic E-state index is 0.329. The average molecular weight is 280 g/mol. The van der Waals surface area contributed by atoms with Gasteiger partial charge in [0, 0.05) is 25.0 Å². The van der Waals surface area contributed by atoms with Crippen molar-refractivity contribution in [2.75, 3.05) is 13.7 Å². The quantitative estimate of drug-likeness (QED) is 0.738. The van der Waals surface area contributed by atoms with Crippen molar-refractivity contribution in [3.8, 4) is 0 Å². The van der Waals surface area contributed by atoms with Crippen LogP contribution in [0.2, 0.25) is 0 Å². The summed E-state index contributed by atoms with van der Waals surface area (Å²) in [6, 6.07) is 1.75. The molecule has 0 N–H and O–H groups in total. The van der Waals surface area contributed by atoms with Gasteiger partial charge in [0.05, 0.1) is 19.2 Å². The van der Waals surface area contributed by atoms with E-state index < -0.39 is 5.60 Å². The largest absolute Gasteiger partial charge is 0.465 e. The molecule has 2 rings (SSSR count). The second-order valence-corrected chi connectivity index (χ2v) is 5.81. The maximum absolute atomic E-state index is 12.0. The fourth-order valence-electron chi connectivity index (χ4n) is 2.11. The third-order valence-electron chi connectivity index (χ3n) is 3.02. The highest BCUT2D eigenvalue weighted by molar-refractivity contribution is 5.89. The summed E-state index contributed by atoms with van der Waals surface area (Å²) in [6.45, 7) is 7.17. The van der Waals surface area contributed by atoms with Crippen molar-refractivity contribution in [2.45, 2.75) is 39.5 Å². The Balaban J connectivity index is 2.09. The summed E-state index contributed by atoms with van der Waals surface area (Å²) in [5, 5.41) is 0. The van der Waals surface area contributed by atoms with Crippen molar-refractivity contribution < 1.29 is 19.1 Å². The zero-order valence-corrected chi connectivity index (χ0v) is 12.3. The lowest BCUT2D eigenvalue weighted by Crippen LogP contribution is -2.41. The molecule has 0 bridgehead atoms. The van der Waals surface area contributed by atoms with E-state index in [-0.39, 0.29) is 12.1 Å². The Morgan fingerprint density at radius 2 is 1.95 bits per heavy atom. The van der Waals surface area contributed by atoms with Crippen LogP contribution in [0.1, 0.15) is 36.8 Å².